The van der Waals surface area contributed by atoms with Gasteiger partial charge in [-0.3, -0.25) is 4.79 Å². The van der Waals surface area contributed by atoms with Crippen LogP contribution in [0.2, 0.25) is 0 Å². The number of carbonyl (C=O) groups is 1. The predicted molar refractivity (Wildman–Crippen MR) is 70.2 cm³/mol. The van der Waals surface area contributed by atoms with Crippen LogP contribution in [-0.4, -0.2) is 38.5 Å². The molecule has 1 heterocycles. The first-order valence-electron chi connectivity index (χ1n) is 5.64. The Bertz CT molecular complexity index is 572. The zero-order chi connectivity index (χ0) is 13.7. The predicted octanol–water partition coefficient (Wildman–Crippen LogP) is 0.638. The van der Waals surface area contributed by atoms with E-state index in [-0.39, 0.29) is 5.75 Å². The molecule has 0 bridgehead atoms. The van der Waals surface area contributed by atoms with Crippen molar-refractivity contribution in [2.45, 2.75) is 12.1 Å². The van der Waals surface area contributed by atoms with E-state index in [4.69, 9.17) is 10.5 Å². The van der Waals surface area contributed by atoms with Crippen molar-refractivity contribution < 1.29 is 9.53 Å². The fourth-order valence-electron chi connectivity index (χ4n) is 1.47. The first-order valence-corrected chi connectivity index (χ1v) is 6.62. The van der Waals surface area contributed by atoms with Gasteiger partial charge in [-0.05, 0) is 29.5 Å². The van der Waals surface area contributed by atoms with E-state index in [2.05, 4.69) is 15.5 Å². The lowest BCUT2D eigenvalue weighted by atomic mass is 10.3. The fourth-order valence-corrected chi connectivity index (χ4v) is 2.09. The Morgan fingerprint density at radius 2 is 2.26 bits per heavy atom. The number of ether oxygens (including phenoxy) is 1. The van der Waals surface area contributed by atoms with E-state index in [9.17, 15) is 4.79 Å². The van der Waals surface area contributed by atoms with Gasteiger partial charge in [0.15, 0.2) is 0 Å². The first-order chi connectivity index (χ1) is 9.22. The van der Waals surface area contributed by atoms with Crippen molar-refractivity contribution in [2.24, 2.45) is 5.73 Å². The summed E-state index contributed by atoms with van der Waals surface area (Å²) >= 11 is 1.18. The van der Waals surface area contributed by atoms with Crippen molar-refractivity contribution in [3.05, 3.63) is 24.3 Å². The Kier molecular flexibility index (Phi) is 4.35. The van der Waals surface area contributed by atoms with Crippen molar-refractivity contribution >= 4 is 17.7 Å². The van der Waals surface area contributed by atoms with Gasteiger partial charge in [-0.2, -0.15) is 4.68 Å². The average molecular weight is 279 g/mol. The normalized spacial score (nSPS) is 10.4. The van der Waals surface area contributed by atoms with E-state index in [1.165, 1.54) is 16.4 Å². The highest BCUT2D eigenvalue weighted by atomic mass is 32.2. The lowest BCUT2D eigenvalue weighted by Gasteiger charge is -2.10. The molecule has 100 valence electrons. The minimum absolute atomic E-state index is 0.122. The van der Waals surface area contributed by atoms with Crippen LogP contribution in [0.3, 0.4) is 0 Å². The van der Waals surface area contributed by atoms with Gasteiger partial charge >= 0.3 is 0 Å². The summed E-state index contributed by atoms with van der Waals surface area (Å²) in [4.78, 5) is 10.8. The topological polar surface area (TPSA) is 95.9 Å². The molecule has 0 unspecified atom stereocenters. The molecule has 2 rings (SSSR count). The fraction of sp³-hybridized carbons (Fsp3) is 0.273. The van der Waals surface area contributed by atoms with Gasteiger partial charge in [0, 0.05) is 0 Å². The molecule has 8 heteroatoms. The number of tetrazole rings is 1. The number of benzene rings is 1. The highest BCUT2D eigenvalue weighted by molar-refractivity contribution is 7.99. The summed E-state index contributed by atoms with van der Waals surface area (Å²) in [7, 11) is 0. The van der Waals surface area contributed by atoms with Crippen molar-refractivity contribution in [3.8, 4) is 11.4 Å². The highest BCUT2D eigenvalue weighted by Gasteiger charge is 2.13. The minimum atomic E-state index is -0.419. The van der Waals surface area contributed by atoms with Crippen molar-refractivity contribution in [2.75, 3.05) is 12.4 Å². The van der Waals surface area contributed by atoms with Gasteiger partial charge in [-0.25, -0.2) is 0 Å². The number of primary amides is 1. The number of amides is 1. The third kappa shape index (κ3) is 3.22. The van der Waals surface area contributed by atoms with Gasteiger partial charge in [0.1, 0.15) is 11.4 Å². The SMILES string of the molecule is CCOc1ccccc1-n1nnnc1SCC(N)=O. The summed E-state index contributed by atoms with van der Waals surface area (Å²) in [6.45, 7) is 2.45. The summed E-state index contributed by atoms with van der Waals surface area (Å²) in [5.41, 5.74) is 5.84. The second-order valence-corrected chi connectivity index (χ2v) is 4.47. The number of nitrogens with zero attached hydrogens (tertiary/aromatic N) is 4. The molecule has 2 aromatic rings. The Morgan fingerprint density at radius 3 is 3.00 bits per heavy atom. The number of carbonyl (C=O) groups excluding carboxylic acids is 1. The van der Waals surface area contributed by atoms with Crippen molar-refractivity contribution in [1.82, 2.24) is 20.2 Å². The molecule has 0 spiro atoms. The maximum atomic E-state index is 10.8. The summed E-state index contributed by atoms with van der Waals surface area (Å²) < 4.78 is 7.05. The Balaban J connectivity index is 2.31. The van der Waals surface area contributed by atoms with Gasteiger partial charge in [-0.15, -0.1) is 5.10 Å². The molecule has 0 atom stereocenters. The van der Waals surface area contributed by atoms with Crippen LogP contribution in [0.5, 0.6) is 5.75 Å². The average Bonchev–Trinajstić information content (AvgIpc) is 2.85. The lowest BCUT2D eigenvalue weighted by molar-refractivity contribution is -0.115. The number of thioether (sulfide) groups is 1. The largest absolute Gasteiger partial charge is 0.492 e. The zero-order valence-corrected chi connectivity index (χ0v) is 11.1. The smallest absolute Gasteiger partial charge is 0.227 e. The van der Waals surface area contributed by atoms with Gasteiger partial charge in [-0.1, -0.05) is 23.9 Å². The van der Waals surface area contributed by atoms with Crippen LogP contribution < -0.4 is 10.5 Å². The van der Waals surface area contributed by atoms with E-state index >= 15 is 0 Å². The molecule has 0 aliphatic heterocycles. The molecular formula is C11H13N5O2S. The van der Waals surface area contributed by atoms with Crippen LogP contribution in [0.15, 0.2) is 29.4 Å². The Labute approximate surface area is 114 Å². The standard InChI is InChI=1S/C11H13N5O2S/c1-2-18-9-6-4-3-5-8(9)16-11(13-14-15-16)19-7-10(12)17/h3-6H,2,7H2,1H3,(H2,12,17). The third-order valence-corrected chi connectivity index (χ3v) is 3.12. The first kappa shape index (κ1) is 13.3. The number of hydrogen-bond acceptors (Lipinski definition) is 6. The van der Waals surface area contributed by atoms with Crippen LogP contribution in [0.25, 0.3) is 5.69 Å². The van der Waals surface area contributed by atoms with E-state index in [0.717, 1.165) is 5.69 Å². The molecule has 0 saturated heterocycles. The van der Waals surface area contributed by atoms with Crippen LogP contribution in [-0.2, 0) is 4.79 Å². The monoisotopic (exact) mass is 279 g/mol. The highest BCUT2D eigenvalue weighted by Crippen LogP contribution is 2.25. The number of aromatic nitrogens is 4. The maximum absolute atomic E-state index is 10.8. The van der Waals surface area contributed by atoms with Crippen LogP contribution in [0.1, 0.15) is 6.92 Å². The van der Waals surface area contributed by atoms with Crippen LogP contribution in [0, 0.1) is 0 Å². The number of hydrogen-bond donors (Lipinski definition) is 1. The molecule has 1 aromatic carbocycles. The summed E-state index contributed by atoms with van der Waals surface area (Å²) in [5.74, 6) is 0.382. The molecule has 0 aliphatic carbocycles. The number of rotatable bonds is 6. The molecule has 0 fully saturated rings. The molecular weight excluding hydrogens is 266 g/mol. The Morgan fingerprint density at radius 1 is 1.47 bits per heavy atom. The summed E-state index contributed by atoms with van der Waals surface area (Å²) in [6, 6.07) is 7.41. The summed E-state index contributed by atoms with van der Waals surface area (Å²) in [6.07, 6.45) is 0. The molecule has 0 radical (unpaired) electrons. The van der Waals surface area contributed by atoms with E-state index in [1.807, 2.05) is 31.2 Å². The summed E-state index contributed by atoms with van der Waals surface area (Å²) in [5, 5.41) is 11.9. The van der Waals surface area contributed by atoms with E-state index in [1.54, 1.807) is 0 Å². The molecule has 7 nitrogen and oxygen atoms in total. The Hall–Kier alpha value is -2.09. The van der Waals surface area contributed by atoms with E-state index in [0.29, 0.717) is 17.5 Å². The molecule has 1 aromatic heterocycles. The quantitative estimate of drug-likeness (QED) is 0.779. The van der Waals surface area contributed by atoms with E-state index < -0.39 is 5.91 Å². The van der Waals surface area contributed by atoms with Gasteiger partial charge in [0.25, 0.3) is 0 Å². The maximum Gasteiger partial charge on any atom is 0.227 e. The molecule has 2 N–H and O–H groups in total. The third-order valence-electron chi connectivity index (χ3n) is 2.18. The second-order valence-electron chi connectivity index (χ2n) is 3.53. The number of nitrogens with two attached hydrogens (primary N) is 1. The van der Waals surface area contributed by atoms with Crippen LogP contribution >= 0.6 is 11.8 Å². The van der Waals surface area contributed by atoms with Crippen molar-refractivity contribution in [1.29, 1.82) is 0 Å². The van der Waals surface area contributed by atoms with Crippen molar-refractivity contribution in [3.63, 3.8) is 0 Å². The molecule has 19 heavy (non-hydrogen) atoms. The molecule has 0 aliphatic rings. The van der Waals surface area contributed by atoms with Gasteiger partial charge < -0.3 is 10.5 Å². The van der Waals surface area contributed by atoms with Crippen LogP contribution in [0.4, 0.5) is 0 Å². The number of para-hydroxylation sites is 2. The van der Waals surface area contributed by atoms with Gasteiger partial charge in [0.2, 0.25) is 11.1 Å². The second kappa shape index (κ2) is 6.19. The zero-order valence-electron chi connectivity index (χ0n) is 10.3. The lowest BCUT2D eigenvalue weighted by Crippen LogP contribution is -2.14. The molecule has 1 amide bonds. The molecule has 0 saturated carbocycles. The minimum Gasteiger partial charge on any atom is -0.492 e. The van der Waals surface area contributed by atoms with Gasteiger partial charge in [0.05, 0.1) is 12.4 Å².